The van der Waals surface area contributed by atoms with Gasteiger partial charge in [-0.1, -0.05) is 39.7 Å². The maximum absolute atomic E-state index is 13.7. The maximum Gasteiger partial charge on any atom is 0.326 e. The maximum atomic E-state index is 13.7. The molecule has 0 bridgehead atoms. The molecule has 8 atom stereocenters. The molecular formula is C31H43NO9. The summed E-state index contributed by atoms with van der Waals surface area (Å²) in [5, 5.41) is 23.5. The Morgan fingerprint density at radius 1 is 1.10 bits per heavy atom. The van der Waals surface area contributed by atoms with Crippen molar-refractivity contribution in [3.8, 4) is 0 Å². The lowest BCUT2D eigenvalue weighted by Crippen LogP contribution is -2.61. The number of fused-ring (bicyclic) bond motifs is 5. The van der Waals surface area contributed by atoms with Crippen LogP contribution < -0.4 is 5.32 Å². The number of carboxylic acids is 1. The highest BCUT2D eigenvalue weighted by molar-refractivity contribution is 5.95. The fourth-order valence-electron chi connectivity index (χ4n) is 8.33. The van der Waals surface area contributed by atoms with Gasteiger partial charge in [-0.05, 0) is 61.3 Å². The number of ether oxygens (including phenoxy) is 1. The lowest BCUT2D eigenvalue weighted by Gasteiger charge is -2.57. The first-order valence-electron chi connectivity index (χ1n) is 14.9. The zero-order valence-electron chi connectivity index (χ0n) is 24.5. The second-order valence-corrected chi connectivity index (χ2v) is 13.2. The van der Waals surface area contributed by atoms with Crippen LogP contribution in [0.15, 0.2) is 11.6 Å². The number of carbonyl (C=O) groups excluding carboxylic acids is 5. The molecule has 3 saturated carbocycles. The molecule has 4 aliphatic carbocycles. The minimum absolute atomic E-state index is 0.00421. The first-order chi connectivity index (χ1) is 19.2. The summed E-state index contributed by atoms with van der Waals surface area (Å²) in [6, 6.07) is -1.07. The number of aliphatic carboxylic acids is 1. The highest BCUT2D eigenvalue weighted by Crippen LogP contribution is 2.66. The number of hydrogen-bond donors (Lipinski definition) is 3. The summed E-state index contributed by atoms with van der Waals surface area (Å²) in [5.74, 6) is -3.68. The Bertz CT molecular complexity index is 1180. The van der Waals surface area contributed by atoms with Gasteiger partial charge in [-0.2, -0.15) is 0 Å². The van der Waals surface area contributed by atoms with Gasteiger partial charge in [-0.25, -0.2) is 4.79 Å². The van der Waals surface area contributed by atoms with Crippen LogP contribution >= 0.6 is 0 Å². The summed E-state index contributed by atoms with van der Waals surface area (Å²) >= 11 is 0. The number of Topliss-reactive ketones (excluding diaryl/α,β-unsaturated/α-hetero) is 2. The van der Waals surface area contributed by atoms with Crippen molar-refractivity contribution >= 4 is 35.2 Å². The number of rotatable bonds is 10. The van der Waals surface area contributed by atoms with Crippen molar-refractivity contribution in [3.63, 3.8) is 0 Å². The average Bonchev–Trinajstić information content (AvgIpc) is 3.19. The van der Waals surface area contributed by atoms with E-state index in [1.807, 2.05) is 6.92 Å². The molecule has 3 N–H and O–H groups in total. The zero-order chi connectivity index (χ0) is 30.3. The van der Waals surface area contributed by atoms with Crippen LogP contribution in [0.1, 0.15) is 91.9 Å². The largest absolute Gasteiger partial charge is 0.480 e. The number of esters is 1. The Hall–Kier alpha value is -2.88. The molecule has 0 radical (unpaired) electrons. The van der Waals surface area contributed by atoms with Crippen molar-refractivity contribution in [2.45, 2.75) is 104 Å². The molecule has 0 aromatic rings. The van der Waals surface area contributed by atoms with Crippen LogP contribution in [0.2, 0.25) is 0 Å². The van der Waals surface area contributed by atoms with Crippen molar-refractivity contribution in [3.05, 3.63) is 11.6 Å². The summed E-state index contributed by atoms with van der Waals surface area (Å²) in [6.07, 6.45) is 4.96. The molecule has 226 valence electrons. The number of carboxylic acid groups (broad SMARTS) is 1. The normalized spacial score (nSPS) is 35.7. The monoisotopic (exact) mass is 573 g/mol. The lowest BCUT2D eigenvalue weighted by molar-refractivity contribution is -0.173. The van der Waals surface area contributed by atoms with Gasteiger partial charge in [0.2, 0.25) is 11.7 Å². The third-order valence-corrected chi connectivity index (χ3v) is 11.0. The molecule has 0 aromatic carbocycles. The highest BCUT2D eigenvalue weighted by atomic mass is 16.5. The standard InChI is InChI=1S/C31H43NO9/c1-5-17(2)27(28(38)39)32-24(36)8-9-25(37)41-16-23(35)31(40)13-11-21-20-7-6-18-14-19(33)10-12-29(18,3)26(20)22(34)15-30(21,31)4/h14,17,20-21,26-27,40H,5-13,15-16H2,1-4H3,(H,32,36)(H,38,39). The van der Waals surface area contributed by atoms with Crippen molar-refractivity contribution in [2.75, 3.05) is 6.61 Å². The van der Waals surface area contributed by atoms with Crippen LogP contribution in [0, 0.1) is 34.5 Å². The van der Waals surface area contributed by atoms with Gasteiger partial charge in [0.25, 0.3) is 0 Å². The molecule has 41 heavy (non-hydrogen) atoms. The van der Waals surface area contributed by atoms with Gasteiger partial charge < -0.3 is 20.3 Å². The number of carbonyl (C=O) groups is 6. The van der Waals surface area contributed by atoms with Crippen molar-refractivity contribution in [1.82, 2.24) is 5.32 Å². The van der Waals surface area contributed by atoms with Crippen LogP contribution in [0.25, 0.3) is 0 Å². The fraction of sp³-hybridized carbons (Fsp3) is 0.742. The quantitative estimate of drug-likeness (QED) is 0.333. The summed E-state index contributed by atoms with van der Waals surface area (Å²) < 4.78 is 5.14. The molecule has 1 amide bonds. The highest BCUT2D eigenvalue weighted by Gasteiger charge is 2.68. The molecular weight excluding hydrogens is 530 g/mol. The van der Waals surface area contributed by atoms with Crippen molar-refractivity contribution in [1.29, 1.82) is 0 Å². The summed E-state index contributed by atoms with van der Waals surface area (Å²) in [7, 11) is 0. The number of hydrogen-bond acceptors (Lipinski definition) is 8. The lowest BCUT2D eigenvalue weighted by atomic mass is 9.46. The number of allylic oxidation sites excluding steroid dienone is 1. The van der Waals surface area contributed by atoms with Crippen LogP contribution in [-0.4, -0.2) is 63.7 Å². The minimum Gasteiger partial charge on any atom is -0.480 e. The first kappa shape index (κ1) is 31.1. The van der Waals surface area contributed by atoms with Crippen LogP contribution in [-0.2, 0) is 33.5 Å². The summed E-state index contributed by atoms with van der Waals surface area (Å²) in [6.45, 7) is 6.74. The molecule has 4 rings (SSSR count). The van der Waals surface area contributed by atoms with E-state index in [0.717, 1.165) is 18.4 Å². The first-order valence-corrected chi connectivity index (χ1v) is 14.9. The average molecular weight is 574 g/mol. The van der Waals surface area contributed by atoms with E-state index in [9.17, 15) is 39.0 Å². The second-order valence-electron chi connectivity index (χ2n) is 13.2. The number of ketones is 3. The Labute approximate surface area is 240 Å². The van der Waals surface area contributed by atoms with Crippen molar-refractivity contribution < 1.29 is 43.7 Å². The van der Waals surface area contributed by atoms with E-state index < -0.39 is 47.3 Å². The Kier molecular flexibility index (Phi) is 8.65. The molecule has 10 nitrogen and oxygen atoms in total. The van der Waals surface area contributed by atoms with Gasteiger partial charge in [0.05, 0.1) is 6.42 Å². The van der Waals surface area contributed by atoms with Crippen molar-refractivity contribution in [2.24, 2.45) is 34.5 Å². The van der Waals surface area contributed by atoms with Gasteiger partial charge in [-0.3, -0.25) is 24.0 Å². The second kappa shape index (κ2) is 11.4. The van der Waals surface area contributed by atoms with Gasteiger partial charge in [0.1, 0.15) is 17.4 Å². The Morgan fingerprint density at radius 3 is 2.46 bits per heavy atom. The van der Waals surface area contributed by atoms with Gasteiger partial charge >= 0.3 is 11.9 Å². The predicted molar refractivity (Wildman–Crippen MR) is 146 cm³/mol. The topological polar surface area (TPSA) is 164 Å². The van der Waals surface area contributed by atoms with E-state index in [1.54, 1.807) is 19.9 Å². The number of amides is 1. The predicted octanol–water partition coefficient (Wildman–Crippen LogP) is 2.94. The van der Waals surface area contributed by atoms with E-state index in [1.165, 1.54) is 0 Å². The fourth-order valence-corrected chi connectivity index (χ4v) is 8.33. The molecule has 10 heteroatoms. The van der Waals surface area contributed by atoms with Crippen LogP contribution in [0.5, 0.6) is 0 Å². The number of nitrogens with one attached hydrogen (secondary N) is 1. The molecule has 4 aliphatic rings. The SMILES string of the molecule is CCC(C)C(NC(=O)CCC(=O)OCC(=O)C1(O)CCC2C3CCC4=CC(=O)CCC4(C)C3C(=O)CC21C)C(=O)O. The summed E-state index contributed by atoms with van der Waals surface area (Å²) in [5.41, 5.74) is -2.13. The molecule has 0 saturated heterocycles. The van der Waals surface area contributed by atoms with E-state index >= 15 is 0 Å². The third-order valence-electron chi connectivity index (χ3n) is 11.0. The molecule has 3 fully saturated rings. The van der Waals surface area contributed by atoms with Crippen LogP contribution in [0.3, 0.4) is 0 Å². The van der Waals surface area contributed by atoms with Gasteiger partial charge in [0.15, 0.2) is 12.4 Å². The summed E-state index contributed by atoms with van der Waals surface area (Å²) in [4.78, 5) is 75.1. The third kappa shape index (κ3) is 5.40. The molecule has 0 aromatic heterocycles. The van der Waals surface area contributed by atoms with Crippen LogP contribution in [0.4, 0.5) is 0 Å². The molecule has 8 unspecified atom stereocenters. The van der Waals surface area contributed by atoms with E-state index in [4.69, 9.17) is 4.74 Å². The molecule has 0 spiro atoms. The van der Waals surface area contributed by atoms with E-state index in [-0.39, 0.29) is 66.3 Å². The Morgan fingerprint density at radius 2 is 1.80 bits per heavy atom. The minimum atomic E-state index is -1.82. The van der Waals surface area contributed by atoms with E-state index in [0.29, 0.717) is 25.7 Å². The molecule has 0 aliphatic heterocycles. The smallest absolute Gasteiger partial charge is 0.326 e. The number of aliphatic hydroxyl groups is 1. The zero-order valence-corrected chi connectivity index (χ0v) is 24.5. The van der Waals surface area contributed by atoms with Gasteiger partial charge in [0, 0.05) is 30.6 Å². The van der Waals surface area contributed by atoms with E-state index in [2.05, 4.69) is 12.2 Å². The molecule has 0 heterocycles. The van der Waals surface area contributed by atoms with Gasteiger partial charge in [-0.15, -0.1) is 0 Å². The Balaban J connectivity index is 1.37.